The van der Waals surface area contributed by atoms with Gasteiger partial charge in [0.2, 0.25) is 0 Å². The summed E-state index contributed by atoms with van der Waals surface area (Å²) in [6, 6.07) is 11.5. The molecule has 0 heterocycles. The Bertz CT molecular complexity index is 733. The van der Waals surface area contributed by atoms with Crippen LogP contribution >= 0.6 is 34.8 Å². The third kappa shape index (κ3) is 4.86. The monoisotopic (exact) mass is 370 g/mol. The van der Waals surface area contributed by atoms with Crippen LogP contribution in [0.2, 0.25) is 15.1 Å². The summed E-state index contributed by atoms with van der Waals surface area (Å²) in [5, 5.41) is 21.2. The molecule has 23 heavy (non-hydrogen) atoms. The van der Waals surface area contributed by atoms with E-state index in [2.05, 4.69) is 5.32 Å². The van der Waals surface area contributed by atoms with Crippen LogP contribution in [0.15, 0.2) is 42.5 Å². The van der Waals surface area contributed by atoms with Crippen LogP contribution in [0.5, 0.6) is 0 Å². The lowest BCUT2D eigenvalue weighted by molar-refractivity contribution is -0.129. The second-order valence-corrected chi connectivity index (χ2v) is 6.14. The van der Waals surface area contributed by atoms with Gasteiger partial charge in [0.15, 0.2) is 0 Å². The molecule has 1 atom stereocenters. The van der Waals surface area contributed by atoms with Gasteiger partial charge in [-0.05, 0) is 35.9 Å². The fourth-order valence-electron chi connectivity index (χ4n) is 2.03. The van der Waals surface area contributed by atoms with E-state index in [1.54, 1.807) is 42.5 Å². The molecule has 0 radical (unpaired) electrons. The number of hydrogen-bond donors (Lipinski definition) is 3. The van der Waals surface area contributed by atoms with Crippen molar-refractivity contribution in [3.8, 4) is 0 Å². The van der Waals surface area contributed by atoms with Gasteiger partial charge in [-0.15, -0.1) is 0 Å². The maximum atomic E-state index is 11.0. The molecule has 3 N–H and O–H groups in total. The Morgan fingerprint density at radius 3 is 2.26 bits per heavy atom. The van der Waals surface area contributed by atoms with Crippen LogP contribution in [0.3, 0.4) is 0 Å². The number of aliphatic carboxylic acids is 1. The summed E-state index contributed by atoms with van der Waals surface area (Å²) in [4.78, 5) is 11.0. The molecule has 0 fully saturated rings. The van der Waals surface area contributed by atoms with Gasteiger partial charge < -0.3 is 10.4 Å². The first-order valence-electron chi connectivity index (χ1n) is 6.64. The molecule has 0 aliphatic carbocycles. The molecule has 0 saturated heterocycles. The van der Waals surface area contributed by atoms with Crippen molar-refractivity contribution in [1.29, 1.82) is 5.41 Å². The molecule has 4 nitrogen and oxygen atoms in total. The first kappa shape index (κ1) is 17.6. The molecule has 0 bridgehead atoms. The number of benzene rings is 2. The van der Waals surface area contributed by atoms with Crippen molar-refractivity contribution in [2.75, 3.05) is 5.32 Å². The minimum Gasteiger partial charge on any atom is -0.477 e. The third-order valence-corrected chi connectivity index (χ3v) is 4.00. The number of anilines is 1. The minimum atomic E-state index is -1.26. The van der Waals surface area contributed by atoms with Gasteiger partial charge in [0, 0.05) is 16.5 Å². The highest BCUT2D eigenvalue weighted by molar-refractivity contribution is 6.36. The van der Waals surface area contributed by atoms with Gasteiger partial charge >= 0.3 is 5.97 Å². The lowest BCUT2D eigenvalue weighted by Gasteiger charge is -2.21. The topological polar surface area (TPSA) is 73.2 Å². The van der Waals surface area contributed by atoms with E-state index in [0.29, 0.717) is 20.8 Å². The van der Waals surface area contributed by atoms with Gasteiger partial charge in [0.1, 0.15) is 5.71 Å². The molecule has 120 valence electrons. The summed E-state index contributed by atoms with van der Waals surface area (Å²) in [6.07, 6.45) is -0.00405. The zero-order valence-electron chi connectivity index (χ0n) is 11.8. The zero-order chi connectivity index (χ0) is 17.0. The average Bonchev–Trinajstić information content (AvgIpc) is 2.49. The summed E-state index contributed by atoms with van der Waals surface area (Å²) >= 11 is 17.9. The van der Waals surface area contributed by atoms with Crippen LogP contribution in [0, 0.1) is 5.41 Å². The van der Waals surface area contributed by atoms with E-state index in [9.17, 15) is 4.79 Å². The van der Waals surface area contributed by atoms with Gasteiger partial charge in [-0.2, -0.15) is 0 Å². The highest BCUT2D eigenvalue weighted by Gasteiger charge is 2.19. The smallest absolute Gasteiger partial charge is 0.349 e. The van der Waals surface area contributed by atoms with Crippen LogP contribution in [-0.4, -0.2) is 16.8 Å². The summed E-state index contributed by atoms with van der Waals surface area (Å²) < 4.78 is 0. The fourth-order valence-corrected chi connectivity index (χ4v) is 2.62. The number of rotatable bonds is 6. The summed E-state index contributed by atoms with van der Waals surface area (Å²) in [7, 11) is 0. The number of halogens is 3. The van der Waals surface area contributed by atoms with E-state index in [0.717, 1.165) is 5.56 Å². The molecular weight excluding hydrogens is 359 g/mol. The molecule has 0 saturated carbocycles. The van der Waals surface area contributed by atoms with E-state index in [-0.39, 0.29) is 6.42 Å². The first-order valence-corrected chi connectivity index (χ1v) is 7.78. The van der Waals surface area contributed by atoms with E-state index < -0.39 is 17.7 Å². The molecule has 2 aromatic carbocycles. The van der Waals surface area contributed by atoms with Gasteiger partial charge in [-0.3, -0.25) is 5.41 Å². The Kier molecular flexibility index (Phi) is 5.88. The van der Waals surface area contributed by atoms with Crippen molar-refractivity contribution >= 4 is 52.2 Å². The Balaban J connectivity index is 2.30. The highest BCUT2D eigenvalue weighted by Crippen LogP contribution is 2.30. The normalized spacial score (nSPS) is 11.8. The van der Waals surface area contributed by atoms with E-state index in [1.807, 2.05) is 0 Å². The number of nitrogens with one attached hydrogen (secondary N) is 2. The van der Waals surface area contributed by atoms with Crippen LogP contribution in [0.4, 0.5) is 5.69 Å². The summed E-state index contributed by atoms with van der Waals surface area (Å²) in [6.45, 7) is 0. The zero-order valence-corrected chi connectivity index (χ0v) is 14.1. The lowest BCUT2D eigenvalue weighted by Crippen LogP contribution is -2.20. The fraction of sp³-hybridized carbons (Fsp3) is 0.125. The van der Waals surface area contributed by atoms with Gasteiger partial charge in [-0.25, -0.2) is 4.79 Å². The number of carboxylic acid groups (broad SMARTS) is 1. The molecule has 0 aromatic heterocycles. The molecule has 0 aliphatic rings. The molecule has 0 amide bonds. The number of hydrogen-bond acceptors (Lipinski definition) is 3. The molecule has 2 rings (SSSR count). The van der Waals surface area contributed by atoms with Crippen molar-refractivity contribution < 1.29 is 9.90 Å². The summed E-state index contributed by atoms with van der Waals surface area (Å²) in [5.74, 6) is -1.26. The maximum absolute atomic E-state index is 11.0. The highest BCUT2D eigenvalue weighted by atomic mass is 35.5. The van der Waals surface area contributed by atoms with Crippen molar-refractivity contribution in [3.05, 3.63) is 63.1 Å². The van der Waals surface area contributed by atoms with Crippen molar-refractivity contribution in [1.82, 2.24) is 0 Å². The lowest BCUT2D eigenvalue weighted by atomic mass is 10.0. The largest absolute Gasteiger partial charge is 0.477 e. The number of carboxylic acids is 1. The predicted octanol–water partition coefficient (Wildman–Crippen LogP) is 5.29. The Morgan fingerprint density at radius 1 is 1.09 bits per heavy atom. The van der Waals surface area contributed by atoms with Gasteiger partial charge in [0.05, 0.1) is 16.8 Å². The van der Waals surface area contributed by atoms with Crippen molar-refractivity contribution in [2.45, 2.75) is 12.5 Å². The molecular formula is C16H13Cl3N2O2. The third-order valence-electron chi connectivity index (χ3n) is 3.20. The van der Waals surface area contributed by atoms with Crippen LogP contribution < -0.4 is 5.32 Å². The SMILES string of the molecule is N=C(C[C@@H](Nc1ccc(Cl)cc1Cl)c1ccc(Cl)cc1)C(=O)O. The molecule has 7 heteroatoms. The molecule has 0 spiro atoms. The first-order chi connectivity index (χ1) is 10.9. The van der Waals surface area contributed by atoms with Gasteiger partial charge in [-0.1, -0.05) is 46.9 Å². The second kappa shape index (κ2) is 7.68. The van der Waals surface area contributed by atoms with Crippen LogP contribution in [0.25, 0.3) is 0 Å². The van der Waals surface area contributed by atoms with E-state index >= 15 is 0 Å². The molecule has 0 unspecified atom stereocenters. The standard InChI is InChI=1S/C16H13Cl3N2O2/c17-10-3-1-9(2-4-10)15(8-13(20)16(22)23)21-14-6-5-11(18)7-12(14)19/h1-7,15,20-21H,8H2,(H,22,23)/t15-/m1/s1. The predicted molar refractivity (Wildman–Crippen MR) is 94.3 cm³/mol. The number of carbonyl (C=O) groups is 1. The average molecular weight is 372 g/mol. The molecule has 2 aromatic rings. The van der Waals surface area contributed by atoms with E-state index in [4.69, 9.17) is 45.3 Å². The van der Waals surface area contributed by atoms with Crippen molar-refractivity contribution in [2.24, 2.45) is 0 Å². The Morgan fingerprint density at radius 2 is 1.70 bits per heavy atom. The van der Waals surface area contributed by atoms with Crippen LogP contribution in [0.1, 0.15) is 18.0 Å². The second-order valence-electron chi connectivity index (χ2n) is 4.86. The van der Waals surface area contributed by atoms with Gasteiger partial charge in [0.25, 0.3) is 0 Å². The summed E-state index contributed by atoms with van der Waals surface area (Å²) in [5.41, 5.74) is 1.00. The molecule has 0 aliphatic heterocycles. The Hall–Kier alpha value is -1.75. The Labute approximate surface area is 148 Å². The maximum Gasteiger partial charge on any atom is 0.349 e. The minimum absolute atomic E-state index is 0.00405. The quantitative estimate of drug-likeness (QED) is 0.604. The van der Waals surface area contributed by atoms with E-state index in [1.165, 1.54) is 0 Å². The van der Waals surface area contributed by atoms with Crippen LogP contribution in [-0.2, 0) is 4.79 Å². The van der Waals surface area contributed by atoms with Crippen molar-refractivity contribution in [3.63, 3.8) is 0 Å².